The zero-order valence-electron chi connectivity index (χ0n) is 20.6. The first-order valence-corrected chi connectivity index (χ1v) is 13.1. The summed E-state index contributed by atoms with van der Waals surface area (Å²) in [5, 5.41) is 20.5. The Hall–Kier alpha value is -4.49. The number of hydrogen-bond donors (Lipinski definition) is 1. The van der Waals surface area contributed by atoms with E-state index >= 15 is 0 Å². The van der Waals surface area contributed by atoms with Gasteiger partial charge in [0.2, 0.25) is 0 Å². The average molecular weight is 548 g/mol. The molecule has 4 aromatic rings. The Morgan fingerprint density at radius 1 is 1.08 bits per heavy atom. The van der Waals surface area contributed by atoms with E-state index in [1.165, 1.54) is 17.4 Å². The zero-order chi connectivity index (χ0) is 27.4. The predicted molar refractivity (Wildman–Crippen MR) is 142 cm³/mol. The van der Waals surface area contributed by atoms with E-state index in [0.29, 0.717) is 53.8 Å². The summed E-state index contributed by atoms with van der Waals surface area (Å²) < 4.78 is 40.6. The van der Waals surface area contributed by atoms with Crippen LogP contribution >= 0.6 is 11.3 Å². The topological polar surface area (TPSA) is 95.7 Å². The van der Waals surface area contributed by atoms with E-state index in [4.69, 9.17) is 14.7 Å². The van der Waals surface area contributed by atoms with Gasteiger partial charge in [-0.1, -0.05) is 12.1 Å². The molecule has 0 unspecified atom stereocenters. The van der Waals surface area contributed by atoms with Crippen molar-refractivity contribution in [1.29, 1.82) is 5.26 Å². The normalized spacial score (nSPS) is 13.6. The fraction of sp³-hybridized carbons (Fsp3) is 0.207. The number of aromatic nitrogens is 1. The lowest BCUT2D eigenvalue weighted by atomic mass is 9.97. The summed E-state index contributed by atoms with van der Waals surface area (Å²) in [6.07, 6.45) is 1.04. The number of aliphatic carboxylic acids is 1. The molecule has 3 aromatic carbocycles. The number of ether oxygens (including phenoxy) is 2. The molecule has 0 bridgehead atoms. The van der Waals surface area contributed by atoms with Crippen molar-refractivity contribution in [2.75, 3.05) is 18.0 Å². The van der Waals surface area contributed by atoms with Crippen LogP contribution < -0.4 is 14.4 Å². The average Bonchev–Trinajstić information content (AvgIpc) is 3.44. The van der Waals surface area contributed by atoms with Gasteiger partial charge >= 0.3 is 5.97 Å². The largest absolute Gasteiger partial charge is 0.485 e. The molecule has 0 radical (unpaired) electrons. The third kappa shape index (κ3) is 6.16. The highest BCUT2D eigenvalue weighted by molar-refractivity contribution is 7.14. The molecular weight excluding hydrogens is 524 g/mol. The fourth-order valence-corrected chi connectivity index (χ4v) is 5.17. The van der Waals surface area contributed by atoms with Crippen LogP contribution in [0.15, 0.2) is 66.0 Å². The van der Waals surface area contributed by atoms with E-state index in [1.807, 2.05) is 4.90 Å². The second kappa shape index (κ2) is 11.5. The molecule has 0 atom stereocenters. The fourth-order valence-electron chi connectivity index (χ4n) is 4.29. The van der Waals surface area contributed by atoms with Crippen LogP contribution in [-0.4, -0.2) is 29.1 Å². The number of carbonyl (C=O) groups is 1. The highest BCUT2D eigenvalue weighted by atomic mass is 32.1. The molecule has 1 aromatic heterocycles. The molecule has 0 aliphatic carbocycles. The number of halogens is 2. The van der Waals surface area contributed by atoms with Crippen LogP contribution in [0.25, 0.3) is 11.3 Å². The monoisotopic (exact) mass is 547 g/mol. The molecule has 7 nitrogen and oxygen atoms in total. The Kier molecular flexibility index (Phi) is 7.70. The van der Waals surface area contributed by atoms with Gasteiger partial charge in [-0.2, -0.15) is 5.26 Å². The molecular formula is C29H23F2N3O4S. The molecule has 39 heavy (non-hydrogen) atoms. The highest BCUT2D eigenvalue weighted by Gasteiger charge is 2.26. The Morgan fingerprint density at radius 2 is 1.74 bits per heavy atom. The number of carboxylic acids is 1. The summed E-state index contributed by atoms with van der Waals surface area (Å²) in [5.41, 5.74) is 1.87. The molecule has 1 aliphatic heterocycles. The smallest absolute Gasteiger partial charge is 0.306 e. The second-order valence-corrected chi connectivity index (χ2v) is 9.89. The zero-order valence-corrected chi connectivity index (χ0v) is 21.5. The number of hydrogen-bond acceptors (Lipinski definition) is 7. The molecule has 1 N–H and O–H groups in total. The number of nitriles is 1. The minimum absolute atomic E-state index is 0.0341. The van der Waals surface area contributed by atoms with Crippen molar-refractivity contribution in [2.45, 2.75) is 19.4 Å². The van der Waals surface area contributed by atoms with Crippen molar-refractivity contribution in [2.24, 2.45) is 5.92 Å². The number of carboxylic acid groups (broad SMARTS) is 1. The summed E-state index contributed by atoms with van der Waals surface area (Å²) in [6, 6.07) is 17.8. The third-order valence-corrected chi connectivity index (χ3v) is 7.32. The van der Waals surface area contributed by atoms with Crippen molar-refractivity contribution in [1.82, 2.24) is 4.98 Å². The van der Waals surface area contributed by atoms with Crippen LogP contribution in [0.1, 0.15) is 24.0 Å². The Balaban J connectivity index is 1.27. The Labute approximate surface area is 227 Å². The minimum Gasteiger partial charge on any atom is -0.485 e. The van der Waals surface area contributed by atoms with Crippen molar-refractivity contribution < 1.29 is 28.2 Å². The first-order valence-electron chi connectivity index (χ1n) is 12.2. The van der Waals surface area contributed by atoms with Crippen molar-refractivity contribution in [3.05, 3.63) is 88.8 Å². The van der Waals surface area contributed by atoms with Gasteiger partial charge in [-0.05, 0) is 60.9 Å². The first-order chi connectivity index (χ1) is 18.9. The van der Waals surface area contributed by atoms with Gasteiger partial charge in [-0.25, -0.2) is 13.8 Å². The van der Waals surface area contributed by atoms with Gasteiger partial charge in [0.25, 0.3) is 0 Å². The molecule has 1 saturated heterocycles. The number of nitrogens with zero attached hydrogens (tertiary/aromatic N) is 3. The number of benzene rings is 3. The van der Waals surface area contributed by atoms with E-state index in [-0.39, 0.29) is 23.8 Å². The first kappa shape index (κ1) is 26.1. The lowest BCUT2D eigenvalue weighted by Gasteiger charge is -2.29. The molecule has 0 amide bonds. The standard InChI is InChI=1S/C29H23F2N3O4S/c30-21-13-24(26-17-39-29(33-26)34-11-9-20(10-12-34)28(35)36)27(25(31)14-21)37-16-19-3-7-23(8-4-19)38-22-5-1-18(15-32)2-6-22/h1-8,13-14,17,20H,9-12,16H2,(H,35,36). The number of anilines is 1. The van der Waals surface area contributed by atoms with Crippen LogP contribution in [0, 0.1) is 28.9 Å². The van der Waals surface area contributed by atoms with E-state index in [2.05, 4.69) is 11.1 Å². The van der Waals surface area contributed by atoms with Gasteiger partial charge in [0, 0.05) is 30.1 Å². The summed E-state index contributed by atoms with van der Waals surface area (Å²) in [7, 11) is 0. The molecule has 198 valence electrons. The maximum Gasteiger partial charge on any atom is 0.306 e. The number of piperidine rings is 1. The van der Waals surface area contributed by atoms with Crippen LogP contribution in [0.4, 0.5) is 13.9 Å². The summed E-state index contributed by atoms with van der Waals surface area (Å²) in [5.74, 6) is -1.66. The highest BCUT2D eigenvalue weighted by Crippen LogP contribution is 2.37. The maximum absolute atomic E-state index is 14.8. The van der Waals surface area contributed by atoms with Crippen LogP contribution in [0.2, 0.25) is 0 Å². The third-order valence-electron chi connectivity index (χ3n) is 6.42. The molecule has 0 saturated carbocycles. The number of thiazole rings is 1. The van der Waals surface area contributed by atoms with Gasteiger partial charge in [0.1, 0.15) is 23.9 Å². The molecule has 1 fully saturated rings. The molecule has 5 rings (SSSR count). The molecule has 0 spiro atoms. The van der Waals surface area contributed by atoms with E-state index in [1.54, 1.807) is 53.9 Å². The lowest BCUT2D eigenvalue weighted by molar-refractivity contribution is -0.142. The quantitative estimate of drug-likeness (QED) is 0.264. The maximum atomic E-state index is 14.8. The lowest BCUT2D eigenvalue weighted by Crippen LogP contribution is -2.36. The van der Waals surface area contributed by atoms with Crippen LogP contribution in [0.5, 0.6) is 17.2 Å². The molecule has 1 aliphatic rings. The van der Waals surface area contributed by atoms with Gasteiger partial charge in [-0.3, -0.25) is 4.79 Å². The van der Waals surface area contributed by atoms with Gasteiger partial charge < -0.3 is 19.5 Å². The summed E-state index contributed by atoms with van der Waals surface area (Å²) in [4.78, 5) is 17.8. The van der Waals surface area contributed by atoms with Gasteiger partial charge in [0.05, 0.1) is 23.2 Å². The van der Waals surface area contributed by atoms with E-state index in [0.717, 1.165) is 11.6 Å². The molecule has 2 heterocycles. The number of rotatable bonds is 8. The van der Waals surface area contributed by atoms with Crippen molar-refractivity contribution in [3.63, 3.8) is 0 Å². The van der Waals surface area contributed by atoms with Crippen molar-refractivity contribution in [3.8, 4) is 34.6 Å². The van der Waals surface area contributed by atoms with Crippen molar-refractivity contribution >= 4 is 22.4 Å². The minimum atomic E-state index is -0.831. The predicted octanol–water partition coefficient (Wildman–Crippen LogP) is 6.63. The Bertz CT molecular complexity index is 1510. The molecule has 10 heteroatoms. The van der Waals surface area contributed by atoms with Gasteiger partial charge in [0.15, 0.2) is 16.7 Å². The van der Waals surface area contributed by atoms with E-state index in [9.17, 15) is 18.7 Å². The summed E-state index contributed by atoms with van der Waals surface area (Å²) in [6.45, 7) is 1.14. The van der Waals surface area contributed by atoms with Crippen LogP contribution in [0.3, 0.4) is 0 Å². The van der Waals surface area contributed by atoms with Gasteiger partial charge in [-0.15, -0.1) is 11.3 Å². The summed E-state index contributed by atoms with van der Waals surface area (Å²) >= 11 is 1.34. The second-order valence-electron chi connectivity index (χ2n) is 9.05. The van der Waals surface area contributed by atoms with E-state index < -0.39 is 17.6 Å². The van der Waals surface area contributed by atoms with Crippen LogP contribution in [-0.2, 0) is 11.4 Å². The Morgan fingerprint density at radius 3 is 2.38 bits per heavy atom. The SMILES string of the molecule is N#Cc1ccc(Oc2ccc(COc3c(F)cc(F)cc3-c3csc(N4CCC(C(=O)O)CC4)n3)cc2)cc1.